The van der Waals surface area contributed by atoms with Crippen LogP contribution in [0.5, 0.6) is 0 Å². The first-order valence-corrected chi connectivity index (χ1v) is 16.8. The first-order valence-electron chi connectivity index (χ1n) is 16.8. The summed E-state index contributed by atoms with van der Waals surface area (Å²) in [6.45, 7) is 5.95. The van der Waals surface area contributed by atoms with Gasteiger partial charge in [0, 0.05) is 76.5 Å². The highest BCUT2D eigenvalue weighted by molar-refractivity contribution is 5.79. The third kappa shape index (κ3) is 8.69. The number of benzene rings is 1. The van der Waals surface area contributed by atoms with Gasteiger partial charge in [0.25, 0.3) is 0 Å². The molecule has 6 nitrogen and oxygen atoms in total. The van der Waals surface area contributed by atoms with Crippen molar-refractivity contribution in [1.82, 2.24) is 29.9 Å². The highest BCUT2D eigenvalue weighted by atomic mass is 14.7. The Morgan fingerprint density at radius 2 is 0.706 bits per heavy atom. The van der Waals surface area contributed by atoms with Crippen LogP contribution in [0.1, 0.15) is 50.6 Å². The average Bonchev–Trinajstić information content (AvgIpc) is 3.17. The van der Waals surface area contributed by atoms with Crippen molar-refractivity contribution in [3.05, 3.63) is 179 Å². The van der Waals surface area contributed by atoms with Gasteiger partial charge in [-0.3, -0.25) is 29.9 Å². The van der Waals surface area contributed by atoms with E-state index in [1.807, 2.05) is 113 Å². The molecule has 0 aliphatic rings. The molecule has 1 aromatic carbocycles. The molecule has 7 rings (SSSR count). The maximum absolute atomic E-state index is 4.69. The number of aromatic nitrogens is 6. The SMILES string of the molecule is Cc1ccc(-c2ccc(/C=C\c3cc(C=Cc4ccc(-c5ccc(C)nc5)nc4)cc(C=Cc4ccc(-c5ccc(C)nc5)nc4)c3)nc2)cn1. The molecule has 0 saturated carbocycles. The number of hydrogen-bond acceptors (Lipinski definition) is 6. The van der Waals surface area contributed by atoms with Crippen LogP contribution in [0.4, 0.5) is 0 Å². The molecule has 0 spiro atoms. The lowest BCUT2D eigenvalue weighted by Gasteiger charge is -2.05. The van der Waals surface area contributed by atoms with E-state index in [0.717, 1.165) is 84.2 Å². The molecule has 0 fully saturated rings. The monoisotopic (exact) mass is 660 g/mol. The van der Waals surface area contributed by atoms with Gasteiger partial charge in [0.05, 0.1) is 17.1 Å². The van der Waals surface area contributed by atoms with Gasteiger partial charge in [0.2, 0.25) is 0 Å². The van der Waals surface area contributed by atoms with Gasteiger partial charge in [-0.05, 0) is 121 Å². The van der Waals surface area contributed by atoms with Crippen molar-refractivity contribution in [3.63, 3.8) is 0 Å². The zero-order chi connectivity index (χ0) is 35.0. The second-order valence-corrected chi connectivity index (χ2v) is 12.4. The zero-order valence-electron chi connectivity index (χ0n) is 28.8. The highest BCUT2D eigenvalue weighted by Crippen LogP contribution is 2.22. The molecule has 6 heterocycles. The van der Waals surface area contributed by atoms with Crippen molar-refractivity contribution in [2.45, 2.75) is 20.8 Å². The number of aryl methyl sites for hydroxylation is 3. The van der Waals surface area contributed by atoms with Crippen LogP contribution in [-0.4, -0.2) is 29.9 Å². The quantitative estimate of drug-likeness (QED) is 0.153. The first kappa shape index (κ1) is 32.9. The van der Waals surface area contributed by atoms with E-state index < -0.39 is 0 Å². The van der Waals surface area contributed by atoms with Crippen molar-refractivity contribution >= 4 is 36.5 Å². The van der Waals surface area contributed by atoms with Crippen molar-refractivity contribution in [2.75, 3.05) is 0 Å². The summed E-state index contributed by atoms with van der Waals surface area (Å²) < 4.78 is 0. The van der Waals surface area contributed by atoms with Crippen LogP contribution in [-0.2, 0) is 0 Å². The summed E-state index contributed by atoms with van der Waals surface area (Å²) in [5, 5.41) is 0. The molecular weight excluding hydrogens is 625 g/mol. The van der Waals surface area contributed by atoms with E-state index in [1.54, 1.807) is 0 Å². The molecule has 0 aliphatic carbocycles. The maximum atomic E-state index is 4.69. The van der Waals surface area contributed by atoms with Gasteiger partial charge in [-0.15, -0.1) is 0 Å². The van der Waals surface area contributed by atoms with Gasteiger partial charge >= 0.3 is 0 Å². The smallest absolute Gasteiger partial charge is 0.0717 e. The van der Waals surface area contributed by atoms with E-state index >= 15 is 0 Å². The molecule has 7 aromatic rings. The molecule has 0 bridgehead atoms. The minimum Gasteiger partial charge on any atom is -0.261 e. The van der Waals surface area contributed by atoms with Gasteiger partial charge in [0.1, 0.15) is 0 Å². The topological polar surface area (TPSA) is 77.3 Å². The van der Waals surface area contributed by atoms with E-state index in [2.05, 4.69) is 97.8 Å². The molecule has 6 aromatic heterocycles. The molecule has 0 atom stereocenters. The van der Waals surface area contributed by atoms with E-state index in [-0.39, 0.29) is 0 Å². The Bertz CT molecular complexity index is 2040. The molecule has 51 heavy (non-hydrogen) atoms. The second kappa shape index (κ2) is 15.3. The number of pyridine rings is 6. The standard InChI is InChI=1S/C45H36N6/c1-31-4-14-39(27-46-31)40-17-19-43(49-28-40)18-11-38-23-36(9-7-34-12-20-44(50-25-34)41-15-5-32(2)47-29-41)22-37(24-38)10-8-35-13-21-45(51-26-35)42-16-6-33(3)48-30-42/h4-30H,1-3H3/b9-7?,10-8?,18-11-. The van der Waals surface area contributed by atoms with Crippen LogP contribution < -0.4 is 0 Å². The fraction of sp³-hybridized carbons (Fsp3) is 0.0667. The summed E-state index contributed by atoms with van der Waals surface area (Å²) in [6.07, 6.45) is 23.8. The third-order valence-corrected chi connectivity index (χ3v) is 8.40. The first-order chi connectivity index (χ1) is 24.9. The Kier molecular flexibility index (Phi) is 9.84. The lowest BCUT2D eigenvalue weighted by atomic mass is 10.0. The van der Waals surface area contributed by atoms with E-state index in [1.165, 1.54) is 0 Å². The van der Waals surface area contributed by atoms with Crippen LogP contribution in [0.25, 0.3) is 70.1 Å². The summed E-state index contributed by atoms with van der Waals surface area (Å²) in [5.74, 6) is 0. The molecule has 246 valence electrons. The van der Waals surface area contributed by atoms with Crippen LogP contribution in [0, 0.1) is 20.8 Å². The Balaban J connectivity index is 1.13. The normalized spacial score (nSPS) is 11.6. The Morgan fingerprint density at radius 3 is 1.08 bits per heavy atom. The summed E-state index contributed by atoms with van der Waals surface area (Å²) in [6, 6.07) is 31.0. The van der Waals surface area contributed by atoms with Crippen molar-refractivity contribution < 1.29 is 0 Å². The highest BCUT2D eigenvalue weighted by Gasteiger charge is 2.03. The lowest BCUT2D eigenvalue weighted by molar-refractivity contribution is 1.19. The minimum atomic E-state index is 0.877. The molecule has 0 saturated heterocycles. The average molecular weight is 661 g/mol. The molecular formula is C45H36N6. The molecule has 0 unspecified atom stereocenters. The van der Waals surface area contributed by atoms with E-state index in [4.69, 9.17) is 4.98 Å². The lowest BCUT2D eigenvalue weighted by Crippen LogP contribution is -1.87. The number of nitrogens with zero attached hydrogens (tertiary/aromatic N) is 6. The van der Waals surface area contributed by atoms with Crippen LogP contribution in [0.2, 0.25) is 0 Å². The molecule has 0 amide bonds. The predicted molar refractivity (Wildman–Crippen MR) is 210 cm³/mol. The van der Waals surface area contributed by atoms with Gasteiger partial charge in [-0.1, -0.05) is 54.6 Å². The van der Waals surface area contributed by atoms with Gasteiger partial charge < -0.3 is 0 Å². The molecule has 0 aliphatic heterocycles. The van der Waals surface area contributed by atoms with Crippen LogP contribution in [0.15, 0.2) is 128 Å². The Morgan fingerprint density at radius 1 is 0.314 bits per heavy atom. The number of hydrogen-bond donors (Lipinski definition) is 0. The van der Waals surface area contributed by atoms with Crippen LogP contribution in [0.3, 0.4) is 0 Å². The van der Waals surface area contributed by atoms with E-state index in [0.29, 0.717) is 0 Å². The van der Waals surface area contributed by atoms with Crippen molar-refractivity contribution in [1.29, 1.82) is 0 Å². The number of rotatable bonds is 9. The van der Waals surface area contributed by atoms with Crippen LogP contribution >= 0.6 is 0 Å². The molecule has 6 heteroatoms. The minimum absolute atomic E-state index is 0.877. The fourth-order valence-electron chi connectivity index (χ4n) is 5.46. The largest absolute Gasteiger partial charge is 0.261 e. The van der Waals surface area contributed by atoms with Gasteiger partial charge in [0.15, 0.2) is 0 Å². The van der Waals surface area contributed by atoms with Gasteiger partial charge in [-0.2, -0.15) is 0 Å². The Labute approximate surface area is 298 Å². The van der Waals surface area contributed by atoms with Crippen molar-refractivity contribution in [3.8, 4) is 33.6 Å². The van der Waals surface area contributed by atoms with Gasteiger partial charge in [-0.25, -0.2) is 0 Å². The molecule has 0 N–H and O–H groups in total. The summed E-state index contributed by atoms with van der Waals surface area (Å²) >= 11 is 0. The summed E-state index contributed by atoms with van der Waals surface area (Å²) in [4.78, 5) is 27.3. The summed E-state index contributed by atoms with van der Waals surface area (Å²) in [5.41, 5.74) is 15.0. The van der Waals surface area contributed by atoms with Crippen molar-refractivity contribution in [2.24, 2.45) is 0 Å². The summed E-state index contributed by atoms with van der Waals surface area (Å²) in [7, 11) is 0. The zero-order valence-corrected chi connectivity index (χ0v) is 28.8. The second-order valence-electron chi connectivity index (χ2n) is 12.4. The van der Waals surface area contributed by atoms with E-state index in [9.17, 15) is 0 Å². The third-order valence-electron chi connectivity index (χ3n) is 8.40. The fourth-order valence-corrected chi connectivity index (χ4v) is 5.46. The maximum Gasteiger partial charge on any atom is 0.0717 e. The predicted octanol–water partition coefficient (Wildman–Crippen LogP) is 10.5. The Hall–Kier alpha value is -6.66. The molecule has 0 radical (unpaired) electrons.